The number of nitrogens with zero attached hydrogens (tertiary/aromatic N) is 5. The van der Waals surface area contributed by atoms with Crippen LogP contribution < -0.4 is 0 Å². The van der Waals surface area contributed by atoms with Crippen molar-refractivity contribution in [2.45, 2.75) is 96.2 Å². The fourth-order valence-electron chi connectivity index (χ4n) is 9.55. The zero-order valence-electron chi connectivity index (χ0n) is 21.8. The number of piperidine rings is 1. The van der Waals surface area contributed by atoms with Gasteiger partial charge in [0.1, 0.15) is 0 Å². The Kier molecular flexibility index (Phi) is 5.96. The second-order valence-electron chi connectivity index (χ2n) is 12.8. The molecule has 4 bridgehead atoms. The van der Waals surface area contributed by atoms with Crippen molar-refractivity contribution in [2.24, 2.45) is 23.7 Å². The number of carbonyl (C=O) groups excluding carboxylic acids is 1. The Morgan fingerprint density at radius 1 is 0.857 bits per heavy atom. The summed E-state index contributed by atoms with van der Waals surface area (Å²) < 4.78 is 2.13. The molecule has 35 heavy (non-hydrogen) atoms. The van der Waals surface area contributed by atoms with Crippen LogP contribution in [-0.4, -0.2) is 81.7 Å². The van der Waals surface area contributed by atoms with Gasteiger partial charge in [0.15, 0.2) is 5.69 Å². The third-order valence-corrected chi connectivity index (χ3v) is 10.9. The molecule has 0 unspecified atom stereocenters. The van der Waals surface area contributed by atoms with E-state index in [-0.39, 0.29) is 5.91 Å². The molecule has 2 saturated heterocycles. The lowest BCUT2D eigenvalue weighted by Crippen LogP contribution is -2.61. The summed E-state index contributed by atoms with van der Waals surface area (Å²) in [6.07, 6.45) is 14.5. The van der Waals surface area contributed by atoms with E-state index >= 15 is 0 Å². The van der Waals surface area contributed by atoms with Gasteiger partial charge in [0.2, 0.25) is 0 Å². The summed E-state index contributed by atoms with van der Waals surface area (Å²) in [4.78, 5) is 21.2. The van der Waals surface area contributed by atoms with E-state index in [0.717, 1.165) is 80.7 Å². The second-order valence-corrected chi connectivity index (χ2v) is 12.8. The fourth-order valence-corrected chi connectivity index (χ4v) is 9.55. The molecule has 6 heteroatoms. The largest absolute Gasteiger partial charge is 0.337 e. The van der Waals surface area contributed by atoms with Crippen LogP contribution in [0.5, 0.6) is 0 Å². The minimum atomic E-state index is 0.195. The molecule has 0 radical (unpaired) electrons. The highest BCUT2D eigenvalue weighted by Crippen LogP contribution is 2.55. The molecule has 1 aromatic heterocycles. The number of aryl methyl sites for hydroxylation is 1. The lowest BCUT2D eigenvalue weighted by atomic mass is 9.54. The lowest BCUT2D eigenvalue weighted by molar-refractivity contribution is -0.0794. The van der Waals surface area contributed by atoms with Crippen molar-refractivity contribution in [2.75, 3.05) is 39.3 Å². The van der Waals surface area contributed by atoms with Gasteiger partial charge in [-0.05, 0) is 101 Å². The van der Waals surface area contributed by atoms with Crippen molar-refractivity contribution in [3.05, 3.63) is 17.0 Å². The van der Waals surface area contributed by atoms with Crippen molar-refractivity contribution < 1.29 is 4.79 Å². The smallest absolute Gasteiger partial charge is 0.274 e. The summed E-state index contributed by atoms with van der Waals surface area (Å²) in [5.74, 6) is 4.33. The number of rotatable bonds is 4. The first-order chi connectivity index (χ1) is 17.2. The predicted octanol–water partition coefficient (Wildman–Crippen LogP) is 3.83. The van der Waals surface area contributed by atoms with E-state index in [0.29, 0.717) is 6.04 Å². The summed E-state index contributed by atoms with van der Waals surface area (Å²) in [5, 5.41) is 4.88. The quantitative estimate of drug-likeness (QED) is 0.659. The summed E-state index contributed by atoms with van der Waals surface area (Å²) in [5.41, 5.74) is 3.40. The zero-order chi connectivity index (χ0) is 23.5. The second kappa shape index (κ2) is 9.16. The molecule has 2 aliphatic heterocycles. The number of hydrogen-bond acceptors (Lipinski definition) is 4. The van der Waals surface area contributed by atoms with Crippen LogP contribution in [0.4, 0.5) is 0 Å². The third kappa shape index (κ3) is 3.98. The number of likely N-dealkylation sites (tertiary alicyclic amines) is 1. The van der Waals surface area contributed by atoms with E-state index in [1.807, 2.05) is 0 Å². The summed E-state index contributed by atoms with van der Waals surface area (Å²) in [7, 11) is 0. The summed E-state index contributed by atoms with van der Waals surface area (Å²) in [6, 6.07) is 1.46. The average molecular weight is 480 g/mol. The Bertz CT molecular complexity index is 913. The van der Waals surface area contributed by atoms with Crippen molar-refractivity contribution in [3.63, 3.8) is 0 Å². The topological polar surface area (TPSA) is 44.6 Å². The molecule has 0 N–H and O–H groups in total. The first kappa shape index (κ1) is 22.8. The Balaban J connectivity index is 1.03. The standard InChI is InChI=1S/C29H45N5O/c1-2-34-26-7-6-24(19-25(26)27(30-34)29(35)33-8-4-3-5-9-33)31-10-12-32(13-11-31)28-22-15-20-14-21(17-22)18-23(28)16-20/h20-24,28H,2-19H2,1H3/t20?,21?,22?,23?,24-,28?/m0/s1. The SMILES string of the molecule is CCn1nc(C(=O)N2CCCCC2)c2c1CC[C@H](N1CCN(C3C4CC5CC(C4)CC3C5)CC1)C2. The highest BCUT2D eigenvalue weighted by atomic mass is 16.2. The maximum atomic E-state index is 13.5. The Morgan fingerprint density at radius 2 is 1.51 bits per heavy atom. The molecule has 0 aromatic carbocycles. The first-order valence-corrected chi connectivity index (χ1v) is 15.0. The first-order valence-electron chi connectivity index (χ1n) is 15.0. The molecular weight excluding hydrogens is 434 g/mol. The van der Waals surface area contributed by atoms with Crippen LogP contribution in [-0.2, 0) is 19.4 Å². The van der Waals surface area contributed by atoms with E-state index in [1.165, 1.54) is 76.0 Å². The van der Waals surface area contributed by atoms with E-state index < -0.39 is 0 Å². The maximum absolute atomic E-state index is 13.5. The molecule has 4 saturated carbocycles. The number of amides is 1. The minimum Gasteiger partial charge on any atom is -0.337 e. The summed E-state index contributed by atoms with van der Waals surface area (Å²) in [6.45, 7) is 9.77. The van der Waals surface area contributed by atoms with Crippen LogP contribution in [0.2, 0.25) is 0 Å². The van der Waals surface area contributed by atoms with Crippen molar-refractivity contribution in [3.8, 4) is 0 Å². The normalized spacial score (nSPS) is 37.6. The van der Waals surface area contributed by atoms with E-state index in [4.69, 9.17) is 5.10 Å². The molecule has 1 aromatic rings. The van der Waals surface area contributed by atoms with E-state index in [2.05, 4.69) is 26.3 Å². The molecule has 1 amide bonds. The molecular formula is C29H45N5O. The Hall–Kier alpha value is -1.40. The molecule has 6 nitrogen and oxygen atoms in total. The van der Waals surface area contributed by atoms with Gasteiger partial charge in [0.05, 0.1) is 0 Å². The molecule has 3 heterocycles. The molecule has 7 aliphatic rings. The van der Waals surface area contributed by atoms with Gasteiger partial charge < -0.3 is 4.90 Å². The minimum absolute atomic E-state index is 0.195. The number of hydrogen-bond donors (Lipinski definition) is 0. The molecule has 8 rings (SSSR count). The van der Waals surface area contributed by atoms with Crippen molar-refractivity contribution in [1.29, 1.82) is 0 Å². The van der Waals surface area contributed by atoms with Gasteiger partial charge in [-0.2, -0.15) is 5.10 Å². The van der Waals surface area contributed by atoms with Gasteiger partial charge in [-0.15, -0.1) is 0 Å². The maximum Gasteiger partial charge on any atom is 0.274 e. The van der Waals surface area contributed by atoms with Crippen LogP contribution in [0, 0.1) is 23.7 Å². The van der Waals surface area contributed by atoms with Gasteiger partial charge in [-0.1, -0.05) is 0 Å². The number of aromatic nitrogens is 2. The molecule has 0 spiro atoms. The third-order valence-electron chi connectivity index (χ3n) is 10.9. The zero-order valence-corrected chi connectivity index (χ0v) is 21.8. The van der Waals surface area contributed by atoms with Gasteiger partial charge in [0.25, 0.3) is 5.91 Å². The van der Waals surface area contributed by atoms with E-state index in [9.17, 15) is 4.79 Å². The average Bonchev–Trinajstić information content (AvgIpc) is 3.26. The van der Waals surface area contributed by atoms with Crippen molar-refractivity contribution >= 4 is 5.91 Å². The van der Waals surface area contributed by atoms with Crippen molar-refractivity contribution in [1.82, 2.24) is 24.5 Å². The molecule has 5 aliphatic carbocycles. The molecule has 192 valence electrons. The highest BCUT2D eigenvalue weighted by molar-refractivity contribution is 5.94. The van der Waals surface area contributed by atoms with Gasteiger partial charge >= 0.3 is 0 Å². The fraction of sp³-hybridized carbons (Fsp3) is 0.862. The molecule has 6 fully saturated rings. The van der Waals surface area contributed by atoms with E-state index in [1.54, 1.807) is 6.42 Å². The van der Waals surface area contributed by atoms with Crippen LogP contribution in [0.15, 0.2) is 0 Å². The molecule has 1 atom stereocenters. The Labute approximate surface area is 211 Å². The highest BCUT2D eigenvalue weighted by Gasteiger charge is 2.50. The number of carbonyl (C=O) groups is 1. The van der Waals surface area contributed by atoms with Crippen LogP contribution >= 0.6 is 0 Å². The lowest BCUT2D eigenvalue weighted by Gasteiger charge is -2.58. The predicted molar refractivity (Wildman–Crippen MR) is 137 cm³/mol. The van der Waals surface area contributed by atoms with Crippen LogP contribution in [0.3, 0.4) is 0 Å². The summed E-state index contributed by atoms with van der Waals surface area (Å²) >= 11 is 0. The number of piperazine rings is 1. The Morgan fingerprint density at radius 3 is 2.17 bits per heavy atom. The van der Waals surface area contributed by atoms with Gasteiger partial charge in [-0.3, -0.25) is 19.3 Å². The van der Waals surface area contributed by atoms with Crippen LogP contribution in [0.1, 0.15) is 86.5 Å². The monoisotopic (exact) mass is 479 g/mol. The van der Waals surface area contributed by atoms with Crippen LogP contribution in [0.25, 0.3) is 0 Å². The van der Waals surface area contributed by atoms with Gasteiger partial charge in [-0.25, -0.2) is 0 Å². The number of fused-ring (bicyclic) bond motifs is 1. The van der Waals surface area contributed by atoms with Gasteiger partial charge in [0, 0.05) is 69.2 Å².